The second-order valence-corrected chi connectivity index (χ2v) is 10.2. The first kappa shape index (κ1) is 28.8. The normalized spacial score (nSPS) is 20.5. The van der Waals surface area contributed by atoms with Crippen molar-refractivity contribution in [2.75, 3.05) is 13.2 Å². The summed E-state index contributed by atoms with van der Waals surface area (Å²) in [5.41, 5.74) is 0.667. The maximum Gasteiger partial charge on any atom is 0.338 e. The Morgan fingerprint density at radius 1 is 0.591 bits per heavy atom. The Balaban J connectivity index is 1.07. The Hall–Kier alpha value is -5.32. The number of carbonyl (C=O) groups is 4. The van der Waals surface area contributed by atoms with E-state index in [1.54, 1.807) is 72.8 Å². The van der Waals surface area contributed by atoms with Crippen LogP contribution in [0, 0.1) is 0 Å². The Morgan fingerprint density at radius 2 is 0.977 bits per heavy atom. The van der Waals surface area contributed by atoms with Crippen molar-refractivity contribution in [2.24, 2.45) is 0 Å². The minimum absolute atomic E-state index is 0.0927. The van der Waals surface area contributed by atoms with Crippen LogP contribution in [0.25, 0.3) is 21.5 Å². The van der Waals surface area contributed by atoms with Gasteiger partial charge >= 0.3 is 23.9 Å². The van der Waals surface area contributed by atoms with Crippen LogP contribution in [0.3, 0.4) is 0 Å². The molecule has 222 valence electrons. The summed E-state index contributed by atoms with van der Waals surface area (Å²) in [5.74, 6) is -1.50. The van der Waals surface area contributed by atoms with Crippen molar-refractivity contribution in [1.82, 2.24) is 0 Å². The quantitative estimate of drug-likeness (QED) is 0.161. The van der Waals surface area contributed by atoms with Gasteiger partial charge in [0, 0.05) is 12.2 Å². The zero-order chi connectivity index (χ0) is 30.8. The number of benzene rings is 4. The lowest BCUT2D eigenvalue weighted by Crippen LogP contribution is -2.36. The highest BCUT2D eigenvalue weighted by atomic mass is 16.7. The number of carbonyl (C=O) groups excluding carboxylic acids is 4. The molecule has 0 aromatic heterocycles. The van der Waals surface area contributed by atoms with E-state index in [-0.39, 0.29) is 13.2 Å². The summed E-state index contributed by atoms with van der Waals surface area (Å²) in [6.45, 7) is 6.95. The van der Waals surface area contributed by atoms with Gasteiger partial charge in [-0.15, -0.1) is 0 Å². The number of hydrogen-bond acceptors (Lipinski definition) is 10. The van der Waals surface area contributed by atoms with Crippen molar-refractivity contribution in [3.63, 3.8) is 0 Å². The van der Waals surface area contributed by atoms with Crippen molar-refractivity contribution in [1.29, 1.82) is 0 Å². The van der Waals surface area contributed by atoms with Gasteiger partial charge in [0.05, 0.1) is 24.3 Å². The van der Waals surface area contributed by atoms with E-state index < -0.39 is 48.3 Å². The minimum Gasteiger partial charge on any atom is -0.453 e. The van der Waals surface area contributed by atoms with E-state index in [2.05, 4.69) is 13.2 Å². The fourth-order valence-corrected chi connectivity index (χ4v) is 5.19. The van der Waals surface area contributed by atoms with E-state index in [1.165, 1.54) is 0 Å². The molecule has 0 N–H and O–H groups in total. The van der Waals surface area contributed by atoms with Gasteiger partial charge in [0.1, 0.15) is 23.7 Å². The van der Waals surface area contributed by atoms with Crippen LogP contribution in [-0.4, -0.2) is 61.5 Å². The van der Waals surface area contributed by atoms with Crippen molar-refractivity contribution >= 4 is 45.4 Å². The molecule has 44 heavy (non-hydrogen) atoms. The van der Waals surface area contributed by atoms with Crippen molar-refractivity contribution in [3.8, 4) is 11.5 Å². The Morgan fingerprint density at radius 3 is 1.39 bits per heavy atom. The molecular formula is C34H26O10. The van der Waals surface area contributed by atoms with E-state index in [0.29, 0.717) is 22.6 Å². The van der Waals surface area contributed by atoms with E-state index in [4.69, 9.17) is 28.4 Å². The van der Waals surface area contributed by atoms with Crippen LogP contribution >= 0.6 is 0 Å². The SMILES string of the molecule is C=CC(=O)Oc1ccc2cc(C(=O)OC3CO[C@@H]4[C@@H](OC(=O)c5ccc6cc(OC(=O)C=C)ccc6c5)CO[C@H]34)ccc2c1. The highest BCUT2D eigenvalue weighted by Crippen LogP contribution is 2.32. The van der Waals surface area contributed by atoms with Gasteiger partial charge in [-0.05, 0) is 70.1 Å². The van der Waals surface area contributed by atoms with Gasteiger partial charge in [-0.3, -0.25) is 0 Å². The van der Waals surface area contributed by atoms with Crippen LogP contribution in [0.15, 0.2) is 98.1 Å². The number of rotatable bonds is 8. The Bertz CT molecular complexity index is 1690. The van der Waals surface area contributed by atoms with Gasteiger partial charge < -0.3 is 28.4 Å². The molecule has 0 amide bonds. The van der Waals surface area contributed by atoms with Crippen molar-refractivity contribution in [2.45, 2.75) is 24.4 Å². The Kier molecular flexibility index (Phi) is 7.93. The topological polar surface area (TPSA) is 124 Å². The predicted octanol–water partition coefficient (Wildman–Crippen LogP) is 4.72. The third-order valence-corrected chi connectivity index (χ3v) is 7.34. The molecule has 0 radical (unpaired) electrons. The zero-order valence-corrected chi connectivity index (χ0v) is 23.3. The Labute approximate surface area is 251 Å². The molecule has 2 heterocycles. The third-order valence-electron chi connectivity index (χ3n) is 7.34. The summed E-state index contributed by atoms with van der Waals surface area (Å²) in [7, 11) is 0. The molecular weight excluding hydrogens is 568 g/mol. The fourth-order valence-electron chi connectivity index (χ4n) is 5.19. The smallest absolute Gasteiger partial charge is 0.338 e. The second kappa shape index (κ2) is 12.1. The van der Waals surface area contributed by atoms with Gasteiger partial charge in [0.2, 0.25) is 0 Å². The number of fused-ring (bicyclic) bond motifs is 3. The maximum atomic E-state index is 13.0. The lowest BCUT2D eigenvalue weighted by Gasteiger charge is -2.17. The van der Waals surface area contributed by atoms with Crippen LogP contribution in [-0.2, 0) is 28.5 Å². The molecule has 2 saturated heterocycles. The molecule has 4 atom stereocenters. The highest BCUT2D eigenvalue weighted by Gasteiger charge is 2.51. The summed E-state index contributed by atoms with van der Waals surface area (Å²) in [5, 5.41) is 3.06. The van der Waals surface area contributed by atoms with Crippen LogP contribution in [0.5, 0.6) is 11.5 Å². The van der Waals surface area contributed by atoms with E-state index in [9.17, 15) is 19.2 Å². The summed E-state index contributed by atoms with van der Waals surface area (Å²) in [6, 6.07) is 20.2. The summed E-state index contributed by atoms with van der Waals surface area (Å²) < 4.78 is 33.5. The van der Waals surface area contributed by atoms with Gasteiger partial charge in [-0.2, -0.15) is 0 Å². The number of ether oxygens (including phenoxy) is 6. The molecule has 10 nitrogen and oxygen atoms in total. The molecule has 0 saturated carbocycles. The van der Waals surface area contributed by atoms with E-state index >= 15 is 0 Å². The molecule has 6 rings (SSSR count). The first-order chi connectivity index (χ1) is 21.3. The predicted molar refractivity (Wildman–Crippen MR) is 157 cm³/mol. The average molecular weight is 595 g/mol. The van der Waals surface area contributed by atoms with E-state index in [0.717, 1.165) is 33.7 Å². The number of hydrogen-bond donors (Lipinski definition) is 0. The highest BCUT2D eigenvalue weighted by molar-refractivity contribution is 5.97. The van der Waals surface area contributed by atoms with Crippen LogP contribution in [0.1, 0.15) is 20.7 Å². The minimum atomic E-state index is -0.683. The molecule has 0 spiro atoms. The van der Waals surface area contributed by atoms with Crippen LogP contribution in [0.4, 0.5) is 0 Å². The molecule has 0 bridgehead atoms. The molecule has 2 aliphatic rings. The lowest BCUT2D eigenvalue weighted by atomic mass is 10.1. The van der Waals surface area contributed by atoms with Crippen molar-refractivity contribution in [3.05, 3.63) is 109 Å². The van der Waals surface area contributed by atoms with Crippen LogP contribution in [0.2, 0.25) is 0 Å². The fraction of sp³-hybridized carbons (Fsp3) is 0.176. The molecule has 10 heteroatoms. The zero-order valence-electron chi connectivity index (χ0n) is 23.3. The third kappa shape index (κ3) is 5.94. The van der Waals surface area contributed by atoms with E-state index in [1.807, 2.05) is 0 Å². The number of esters is 4. The standard InChI is InChI=1S/C34H26O10/c1-3-29(35)41-25-11-9-19-13-23(7-5-21(19)15-25)33(37)43-27-17-39-32-28(18-40-31(27)32)44-34(38)24-8-6-22-16-26(42-30(36)4-2)12-10-20(22)14-24/h3-16,27-28,31-32H,1-2,17-18H2/t27-,28?,31+,32+/m0/s1. The summed E-state index contributed by atoms with van der Waals surface area (Å²) in [6.07, 6.45) is -0.388. The van der Waals surface area contributed by atoms with Gasteiger partial charge in [-0.1, -0.05) is 37.4 Å². The first-order valence-electron chi connectivity index (χ1n) is 13.7. The largest absolute Gasteiger partial charge is 0.453 e. The molecule has 4 aromatic carbocycles. The monoisotopic (exact) mass is 594 g/mol. The van der Waals surface area contributed by atoms with Gasteiger partial charge in [-0.25, -0.2) is 19.2 Å². The first-order valence-corrected chi connectivity index (χ1v) is 13.7. The second-order valence-electron chi connectivity index (χ2n) is 10.2. The molecule has 4 aromatic rings. The maximum absolute atomic E-state index is 13.0. The van der Waals surface area contributed by atoms with Gasteiger partial charge in [0.25, 0.3) is 0 Å². The molecule has 2 fully saturated rings. The molecule has 2 aliphatic heterocycles. The molecule has 0 aliphatic carbocycles. The van der Waals surface area contributed by atoms with Crippen molar-refractivity contribution < 1.29 is 47.6 Å². The lowest BCUT2D eigenvalue weighted by molar-refractivity contribution is -0.129. The average Bonchev–Trinajstić information content (AvgIpc) is 3.63. The van der Waals surface area contributed by atoms with Gasteiger partial charge in [0.15, 0.2) is 12.2 Å². The van der Waals surface area contributed by atoms with Crippen LogP contribution < -0.4 is 9.47 Å². The molecule has 1 unspecified atom stereocenters. The summed E-state index contributed by atoms with van der Waals surface area (Å²) >= 11 is 0. The summed E-state index contributed by atoms with van der Waals surface area (Å²) in [4.78, 5) is 48.9.